The molecule has 4 heteroatoms. The fraction of sp³-hybridized carbons (Fsp3) is 0.900. The molecule has 0 aromatic heterocycles. The first-order valence-corrected chi connectivity index (χ1v) is 4.95. The van der Waals surface area contributed by atoms with Gasteiger partial charge in [0.25, 0.3) is 0 Å². The molecule has 82 valence electrons. The second-order valence-electron chi connectivity index (χ2n) is 4.91. The Morgan fingerprint density at radius 2 is 2.14 bits per heavy atom. The summed E-state index contributed by atoms with van der Waals surface area (Å²) in [6, 6.07) is 0.178. The molecule has 1 heterocycles. The number of aliphatic carboxylic acids is 1. The number of carboxylic acids is 1. The van der Waals surface area contributed by atoms with E-state index in [0.29, 0.717) is 12.5 Å². The summed E-state index contributed by atoms with van der Waals surface area (Å²) in [4.78, 5) is 10.7. The first-order valence-electron chi connectivity index (χ1n) is 4.95. The highest BCUT2D eigenvalue weighted by atomic mass is 16.5. The van der Waals surface area contributed by atoms with Gasteiger partial charge in [0.15, 0.2) is 0 Å². The fourth-order valence-electron chi connectivity index (χ4n) is 2.06. The summed E-state index contributed by atoms with van der Waals surface area (Å²) in [5, 5.41) is 11.8. The van der Waals surface area contributed by atoms with Gasteiger partial charge in [-0.2, -0.15) is 0 Å². The van der Waals surface area contributed by atoms with Crippen molar-refractivity contribution in [2.45, 2.75) is 40.0 Å². The van der Waals surface area contributed by atoms with Crippen molar-refractivity contribution in [1.29, 1.82) is 0 Å². The lowest BCUT2D eigenvalue weighted by atomic mass is 9.78. The first-order chi connectivity index (χ1) is 6.34. The van der Waals surface area contributed by atoms with E-state index in [1.165, 1.54) is 0 Å². The summed E-state index contributed by atoms with van der Waals surface area (Å²) in [7, 11) is 0. The molecule has 0 bridgehead atoms. The average molecular weight is 201 g/mol. The van der Waals surface area contributed by atoms with Crippen LogP contribution in [0.4, 0.5) is 0 Å². The van der Waals surface area contributed by atoms with Gasteiger partial charge in [0, 0.05) is 11.5 Å². The van der Waals surface area contributed by atoms with Gasteiger partial charge in [0.05, 0.1) is 6.61 Å². The van der Waals surface area contributed by atoms with Crippen LogP contribution in [-0.2, 0) is 9.53 Å². The number of ether oxygens (including phenoxy) is 1. The van der Waals surface area contributed by atoms with Crippen LogP contribution in [0.25, 0.3) is 0 Å². The van der Waals surface area contributed by atoms with Crippen molar-refractivity contribution in [2.24, 2.45) is 11.3 Å². The molecule has 1 aliphatic heterocycles. The SMILES string of the molecule is CC(C)C1NC(C(=O)O)OCC1(C)C. The molecule has 2 unspecified atom stereocenters. The van der Waals surface area contributed by atoms with Crippen LogP contribution in [0, 0.1) is 11.3 Å². The molecule has 0 saturated carbocycles. The first kappa shape index (κ1) is 11.5. The van der Waals surface area contributed by atoms with Gasteiger partial charge in [0.2, 0.25) is 6.23 Å². The summed E-state index contributed by atoms with van der Waals surface area (Å²) >= 11 is 0. The molecule has 0 radical (unpaired) electrons. The van der Waals surface area contributed by atoms with Crippen LogP contribution in [0.2, 0.25) is 0 Å². The molecule has 0 spiro atoms. The van der Waals surface area contributed by atoms with Gasteiger partial charge < -0.3 is 9.84 Å². The minimum Gasteiger partial charge on any atom is -0.478 e. The summed E-state index contributed by atoms with van der Waals surface area (Å²) in [5.41, 5.74) is -0.0138. The number of nitrogens with one attached hydrogen (secondary N) is 1. The normalized spacial score (nSPS) is 31.8. The van der Waals surface area contributed by atoms with Crippen LogP contribution in [0.15, 0.2) is 0 Å². The maximum absolute atomic E-state index is 10.7. The second-order valence-corrected chi connectivity index (χ2v) is 4.91. The number of hydrogen-bond donors (Lipinski definition) is 2. The van der Waals surface area contributed by atoms with E-state index in [1.54, 1.807) is 0 Å². The molecule has 1 fully saturated rings. The number of rotatable bonds is 2. The molecule has 2 atom stereocenters. The lowest BCUT2D eigenvalue weighted by molar-refractivity contribution is -0.166. The van der Waals surface area contributed by atoms with Crippen molar-refractivity contribution in [3.8, 4) is 0 Å². The Labute approximate surface area is 84.6 Å². The number of carboxylic acid groups (broad SMARTS) is 1. The molecule has 0 aliphatic carbocycles. The number of hydrogen-bond acceptors (Lipinski definition) is 3. The van der Waals surface area contributed by atoms with Crippen molar-refractivity contribution in [3.63, 3.8) is 0 Å². The number of carbonyl (C=O) groups is 1. The van der Waals surface area contributed by atoms with Crippen molar-refractivity contribution in [2.75, 3.05) is 6.61 Å². The van der Waals surface area contributed by atoms with Crippen LogP contribution >= 0.6 is 0 Å². The Morgan fingerprint density at radius 3 is 2.57 bits per heavy atom. The van der Waals surface area contributed by atoms with Crippen LogP contribution in [-0.4, -0.2) is 30.0 Å². The molecule has 1 aliphatic rings. The minimum absolute atomic E-state index is 0.0138. The average Bonchev–Trinajstić information content (AvgIpc) is 2.02. The molecule has 4 nitrogen and oxygen atoms in total. The summed E-state index contributed by atoms with van der Waals surface area (Å²) in [6.45, 7) is 8.83. The zero-order valence-corrected chi connectivity index (χ0v) is 9.20. The van der Waals surface area contributed by atoms with Gasteiger partial charge in [-0.25, -0.2) is 4.79 Å². The van der Waals surface area contributed by atoms with E-state index in [1.807, 2.05) is 0 Å². The van der Waals surface area contributed by atoms with Crippen LogP contribution in [0.5, 0.6) is 0 Å². The summed E-state index contributed by atoms with van der Waals surface area (Å²) in [5.74, 6) is -0.540. The van der Waals surface area contributed by atoms with E-state index in [9.17, 15) is 4.79 Å². The Morgan fingerprint density at radius 1 is 1.57 bits per heavy atom. The topological polar surface area (TPSA) is 58.6 Å². The van der Waals surface area contributed by atoms with Gasteiger partial charge in [-0.15, -0.1) is 0 Å². The van der Waals surface area contributed by atoms with Crippen LogP contribution in [0.3, 0.4) is 0 Å². The van der Waals surface area contributed by atoms with Gasteiger partial charge in [0.1, 0.15) is 0 Å². The Balaban J connectivity index is 2.72. The van der Waals surface area contributed by atoms with E-state index in [2.05, 4.69) is 33.0 Å². The Hall–Kier alpha value is -0.610. The molecule has 0 aromatic carbocycles. The fourth-order valence-corrected chi connectivity index (χ4v) is 2.06. The molecule has 1 saturated heterocycles. The van der Waals surface area contributed by atoms with Gasteiger partial charge >= 0.3 is 5.97 Å². The van der Waals surface area contributed by atoms with Gasteiger partial charge in [-0.3, -0.25) is 5.32 Å². The molecular formula is C10H19NO3. The Kier molecular flexibility index (Phi) is 3.17. The van der Waals surface area contributed by atoms with Crippen LogP contribution in [0.1, 0.15) is 27.7 Å². The smallest absolute Gasteiger partial charge is 0.348 e. The molecular weight excluding hydrogens is 182 g/mol. The predicted molar refractivity (Wildman–Crippen MR) is 52.9 cm³/mol. The quantitative estimate of drug-likeness (QED) is 0.701. The molecule has 0 aromatic rings. The Bertz CT molecular complexity index is 225. The minimum atomic E-state index is -0.939. The van der Waals surface area contributed by atoms with E-state index in [-0.39, 0.29) is 11.5 Å². The van der Waals surface area contributed by atoms with E-state index < -0.39 is 12.2 Å². The largest absolute Gasteiger partial charge is 0.478 e. The maximum Gasteiger partial charge on any atom is 0.348 e. The highest BCUT2D eigenvalue weighted by Gasteiger charge is 2.40. The van der Waals surface area contributed by atoms with E-state index in [4.69, 9.17) is 9.84 Å². The van der Waals surface area contributed by atoms with Crippen molar-refractivity contribution < 1.29 is 14.6 Å². The predicted octanol–water partition coefficient (Wildman–Crippen LogP) is 1.07. The molecule has 14 heavy (non-hydrogen) atoms. The van der Waals surface area contributed by atoms with E-state index >= 15 is 0 Å². The highest BCUT2D eigenvalue weighted by molar-refractivity contribution is 5.72. The summed E-state index contributed by atoms with van der Waals surface area (Å²) in [6.07, 6.45) is -0.851. The lowest BCUT2D eigenvalue weighted by Gasteiger charge is -2.43. The third-order valence-corrected chi connectivity index (χ3v) is 2.69. The maximum atomic E-state index is 10.7. The summed E-state index contributed by atoms with van der Waals surface area (Å²) < 4.78 is 5.22. The highest BCUT2D eigenvalue weighted by Crippen LogP contribution is 2.30. The van der Waals surface area contributed by atoms with Gasteiger partial charge in [-0.05, 0) is 5.92 Å². The van der Waals surface area contributed by atoms with Gasteiger partial charge in [-0.1, -0.05) is 27.7 Å². The monoisotopic (exact) mass is 201 g/mol. The zero-order chi connectivity index (χ0) is 10.9. The van der Waals surface area contributed by atoms with Crippen molar-refractivity contribution in [3.05, 3.63) is 0 Å². The second kappa shape index (κ2) is 3.87. The standard InChI is InChI=1S/C10H19NO3/c1-6(2)7-10(3,4)5-14-8(11-7)9(12)13/h6-8,11H,5H2,1-4H3,(H,12,13). The third kappa shape index (κ3) is 2.25. The zero-order valence-electron chi connectivity index (χ0n) is 9.20. The molecule has 0 amide bonds. The lowest BCUT2D eigenvalue weighted by Crippen LogP contribution is -2.60. The van der Waals surface area contributed by atoms with Crippen molar-refractivity contribution in [1.82, 2.24) is 5.32 Å². The third-order valence-electron chi connectivity index (χ3n) is 2.69. The van der Waals surface area contributed by atoms with Crippen molar-refractivity contribution >= 4 is 5.97 Å². The van der Waals surface area contributed by atoms with Crippen LogP contribution < -0.4 is 5.32 Å². The van der Waals surface area contributed by atoms with E-state index in [0.717, 1.165) is 0 Å². The molecule has 1 rings (SSSR count). The molecule has 2 N–H and O–H groups in total.